The molecule has 0 N–H and O–H groups in total. The van der Waals surface area contributed by atoms with Crippen LogP contribution >= 0.6 is 49.9 Å². The second kappa shape index (κ2) is 10.7. The minimum atomic E-state index is -0.766. The molecule has 1 aliphatic rings. The summed E-state index contributed by atoms with van der Waals surface area (Å²) in [6, 6.07) is 10.6. The van der Waals surface area contributed by atoms with Gasteiger partial charge in [0, 0.05) is 8.04 Å². The Morgan fingerprint density at radius 2 is 1.94 bits per heavy atom. The zero-order valence-electron chi connectivity index (χ0n) is 19.4. The topological polar surface area (TPSA) is 79.1 Å². The normalized spacial score (nSPS) is 15.5. The summed E-state index contributed by atoms with van der Waals surface area (Å²) in [6.07, 6.45) is 1.84. The van der Waals surface area contributed by atoms with E-state index in [0.29, 0.717) is 42.1 Å². The Morgan fingerprint density at radius 1 is 1.23 bits per heavy atom. The van der Waals surface area contributed by atoms with Gasteiger partial charge in [0.2, 0.25) is 0 Å². The van der Waals surface area contributed by atoms with E-state index in [4.69, 9.17) is 14.2 Å². The summed E-state index contributed by atoms with van der Waals surface area (Å²) in [5, 5.41) is 0. The van der Waals surface area contributed by atoms with Crippen molar-refractivity contribution < 1.29 is 19.0 Å². The number of carbonyl (C=O) groups excluding carboxylic acids is 1. The number of ether oxygens (including phenoxy) is 3. The van der Waals surface area contributed by atoms with Gasteiger partial charge in [-0.25, -0.2) is 9.79 Å². The lowest BCUT2D eigenvalue weighted by Crippen LogP contribution is -2.40. The molecule has 182 valence electrons. The molecule has 0 spiro atoms. The number of hydrogen-bond donors (Lipinski definition) is 0. The Labute approximate surface area is 228 Å². The zero-order valence-corrected chi connectivity index (χ0v) is 24.0. The molecule has 35 heavy (non-hydrogen) atoms. The zero-order chi connectivity index (χ0) is 25.3. The highest BCUT2D eigenvalue weighted by molar-refractivity contribution is 14.1. The third-order valence-corrected chi connectivity index (χ3v) is 7.80. The number of aromatic nitrogens is 1. The van der Waals surface area contributed by atoms with Crippen molar-refractivity contribution in [3.8, 4) is 11.5 Å². The fourth-order valence-electron chi connectivity index (χ4n) is 3.91. The molecule has 0 radical (unpaired) electrons. The van der Waals surface area contributed by atoms with Crippen LogP contribution in [0.3, 0.4) is 0 Å². The van der Waals surface area contributed by atoms with Crippen molar-refractivity contribution in [2.24, 2.45) is 4.99 Å². The monoisotopic (exact) mass is 668 g/mol. The molecule has 3 aromatic rings. The van der Waals surface area contributed by atoms with Gasteiger partial charge < -0.3 is 14.2 Å². The number of halogens is 2. The average Bonchev–Trinajstić information content (AvgIpc) is 3.12. The number of rotatable bonds is 6. The number of nitrogens with zero attached hydrogens (tertiary/aromatic N) is 2. The third-order valence-electron chi connectivity index (χ3n) is 5.46. The van der Waals surface area contributed by atoms with Gasteiger partial charge in [-0.1, -0.05) is 39.4 Å². The first-order chi connectivity index (χ1) is 16.8. The number of allylic oxidation sites excluding steroid dienone is 1. The van der Waals surface area contributed by atoms with Gasteiger partial charge in [0.25, 0.3) is 5.56 Å². The highest BCUT2D eigenvalue weighted by Gasteiger charge is 2.35. The number of hydrogen-bond acceptors (Lipinski definition) is 7. The lowest BCUT2D eigenvalue weighted by molar-refractivity contribution is -0.139. The summed E-state index contributed by atoms with van der Waals surface area (Å²) in [6.45, 7) is 3.70. The Hall–Kier alpha value is -2.44. The van der Waals surface area contributed by atoms with Gasteiger partial charge in [-0.3, -0.25) is 9.36 Å². The van der Waals surface area contributed by atoms with E-state index in [2.05, 4.69) is 43.5 Å². The van der Waals surface area contributed by atoms with Crippen molar-refractivity contribution in [3.05, 3.63) is 86.5 Å². The second-order valence-corrected chi connectivity index (χ2v) is 10.7. The second-order valence-electron chi connectivity index (χ2n) is 7.59. The van der Waals surface area contributed by atoms with Crippen molar-refractivity contribution in [1.82, 2.24) is 4.57 Å². The van der Waals surface area contributed by atoms with Crippen molar-refractivity contribution in [2.45, 2.75) is 19.9 Å². The van der Waals surface area contributed by atoms with Crippen LogP contribution in [0, 0.1) is 3.57 Å². The summed E-state index contributed by atoms with van der Waals surface area (Å²) in [7, 11) is 3.08. The largest absolute Gasteiger partial charge is 0.493 e. The summed E-state index contributed by atoms with van der Waals surface area (Å²) in [5.41, 5.74) is 2.12. The molecule has 2 aromatic carbocycles. The SMILES string of the molecule is CCOC(=O)C1=C(C)N=c2s/c(=C/c3cccc(I)c3)c(=O)n2[C@@H]1c1cc(OC)c(OC)cc1Br. The number of thiazole rings is 1. The first-order valence-electron chi connectivity index (χ1n) is 10.7. The predicted octanol–water partition coefficient (Wildman–Crippen LogP) is 4.18. The van der Waals surface area contributed by atoms with Crippen LogP contribution < -0.4 is 24.4 Å². The van der Waals surface area contributed by atoms with E-state index in [1.807, 2.05) is 30.3 Å². The maximum Gasteiger partial charge on any atom is 0.338 e. The van der Waals surface area contributed by atoms with Crippen LogP contribution in [0.15, 0.2) is 61.9 Å². The van der Waals surface area contributed by atoms with Crippen LogP contribution in [0.1, 0.15) is 31.0 Å². The maximum atomic E-state index is 13.7. The molecule has 1 aromatic heterocycles. The van der Waals surface area contributed by atoms with Gasteiger partial charge in [-0.15, -0.1) is 0 Å². The summed E-state index contributed by atoms with van der Waals surface area (Å²) >= 11 is 7.13. The molecule has 0 saturated carbocycles. The van der Waals surface area contributed by atoms with E-state index < -0.39 is 12.0 Å². The molecule has 0 aliphatic carbocycles. The van der Waals surface area contributed by atoms with Crippen molar-refractivity contribution in [1.29, 1.82) is 0 Å². The summed E-state index contributed by atoms with van der Waals surface area (Å²) in [5.74, 6) is 0.476. The number of fused-ring (bicyclic) bond motifs is 1. The van der Waals surface area contributed by atoms with Crippen molar-refractivity contribution in [2.75, 3.05) is 20.8 Å². The molecular formula is C25H22BrIN2O5S. The van der Waals surface area contributed by atoms with E-state index in [-0.39, 0.29) is 12.2 Å². The van der Waals surface area contributed by atoms with Crippen LogP contribution in [0.4, 0.5) is 0 Å². The standard InChI is InChI=1S/C25H22BrIN2O5S/c1-5-34-24(31)21-13(2)28-25-29(22(21)16-11-18(32-3)19(33-4)12-17(16)26)23(30)20(35-25)10-14-7-6-8-15(27)9-14/h6-12,22H,5H2,1-4H3/b20-10+/t22-/m1/s1. The first kappa shape index (κ1) is 25.6. The van der Waals surface area contributed by atoms with Gasteiger partial charge in [0.05, 0.1) is 42.7 Å². The van der Waals surface area contributed by atoms with Gasteiger partial charge in [-0.05, 0) is 77.9 Å². The van der Waals surface area contributed by atoms with E-state index >= 15 is 0 Å². The molecule has 2 heterocycles. The van der Waals surface area contributed by atoms with E-state index in [1.54, 1.807) is 37.7 Å². The van der Waals surface area contributed by atoms with Gasteiger partial charge in [0.15, 0.2) is 16.3 Å². The van der Waals surface area contributed by atoms with Crippen LogP contribution in [0.25, 0.3) is 6.08 Å². The minimum Gasteiger partial charge on any atom is -0.493 e. The molecule has 0 fully saturated rings. The van der Waals surface area contributed by atoms with Gasteiger partial charge in [-0.2, -0.15) is 0 Å². The van der Waals surface area contributed by atoms with Gasteiger partial charge in [0.1, 0.15) is 0 Å². The molecule has 1 aliphatic heterocycles. The lowest BCUT2D eigenvalue weighted by atomic mass is 9.95. The molecule has 0 unspecified atom stereocenters. The smallest absolute Gasteiger partial charge is 0.338 e. The van der Waals surface area contributed by atoms with E-state index in [9.17, 15) is 9.59 Å². The Morgan fingerprint density at radius 3 is 2.60 bits per heavy atom. The molecular weight excluding hydrogens is 647 g/mol. The molecule has 7 nitrogen and oxygen atoms in total. The molecule has 0 bridgehead atoms. The van der Waals surface area contributed by atoms with Gasteiger partial charge >= 0.3 is 5.97 Å². The fraction of sp³-hybridized carbons (Fsp3) is 0.240. The molecule has 0 amide bonds. The fourth-order valence-corrected chi connectivity index (χ4v) is 6.07. The molecule has 1 atom stereocenters. The number of benzene rings is 2. The third kappa shape index (κ3) is 4.96. The van der Waals surface area contributed by atoms with Crippen LogP contribution in [0.5, 0.6) is 11.5 Å². The van der Waals surface area contributed by atoms with Crippen molar-refractivity contribution in [3.63, 3.8) is 0 Å². The van der Waals surface area contributed by atoms with Crippen LogP contribution in [-0.4, -0.2) is 31.4 Å². The highest BCUT2D eigenvalue weighted by atomic mass is 127. The molecule has 10 heteroatoms. The minimum absolute atomic E-state index is 0.201. The van der Waals surface area contributed by atoms with E-state index in [1.165, 1.54) is 18.4 Å². The number of carbonyl (C=O) groups is 1. The number of methoxy groups -OCH3 is 2. The quantitative estimate of drug-likeness (QED) is 0.291. The van der Waals surface area contributed by atoms with Crippen LogP contribution in [0.2, 0.25) is 0 Å². The average molecular weight is 669 g/mol. The van der Waals surface area contributed by atoms with Crippen LogP contribution in [-0.2, 0) is 9.53 Å². The highest BCUT2D eigenvalue weighted by Crippen LogP contribution is 2.40. The lowest BCUT2D eigenvalue weighted by Gasteiger charge is -2.26. The van der Waals surface area contributed by atoms with Crippen molar-refractivity contribution >= 4 is 61.9 Å². The summed E-state index contributed by atoms with van der Waals surface area (Å²) in [4.78, 5) is 32.0. The summed E-state index contributed by atoms with van der Waals surface area (Å²) < 4.78 is 20.1. The van der Waals surface area contributed by atoms with E-state index in [0.717, 1.165) is 9.13 Å². The number of esters is 1. The molecule has 4 rings (SSSR count). The first-order valence-corrected chi connectivity index (χ1v) is 13.3. The Bertz CT molecular complexity index is 1530. The Kier molecular flexibility index (Phi) is 7.82. The Balaban J connectivity index is 2.02. The predicted molar refractivity (Wildman–Crippen MR) is 147 cm³/mol. The maximum absolute atomic E-state index is 13.7. The molecule has 0 saturated heterocycles.